The third kappa shape index (κ3) is 4.81. The standard InChI is InChI=1S/C17H16F3N7/c1-8(2)22-16-25-15(13-6-11(20)7-14(21)24-13)26-17(27-16)23-12-4-9(18)3-10(19)5-12/h3-8H,1-2H3,(H2,21,24)(H2,22,23,25,26,27). The van der Waals surface area contributed by atoms with Crippen molar-refractivity contribution in [2.24, 2.45) is 0 Å². The highest BCUT2D eigenvalue weighted by Crippen LogP contribution is 2.22. The number of hydrogen-bond acceptors (Lipinski definition) is 7. The Balaban J connectivity index is 2.04. The van der Waals surface area contributed by atoms with E-state index in [1.54, 1.807) is 0 Å². The predicted molar refractivity (Wildman–Crippen MR) is 95.8 cm³/mol. The van der Waals surface area contributed by atoms with E-state index < -0.39 is 17.5 Å². The summed E-state index contributed by atoms with van der Waals surface area (Å²) in [5.41, 5.74) is 5.77. The number of nitrogens with two attached hydrogens (primary N) is 1. The van der Waals surface area contributed by atoms with Gasteiger partial charge in [-0.15, -0.1) is 0 Å². The van der Waals surface area contributed by atoms with Gasteiger partial charge in [0.25, 0.3) is 0 Å². The first-order valence-electron chi connectivity index (χ1n) is 7.97. The zero-order valence-electron chi connectivity index (χ0n) is 14.5. The molecule has 0 amide bonds. The molecule has 3 rings (SSSR count). The van der Waals surface area contributed by atoms with Crippen molar-refractivity contribution in [2.75, 3.05) is 16.4 Å². The van der Waals surface area contributed by atoms with Crippen LogP contribution in [0, 0.1) is 17.5 Å². The number of nitrogens with zero attached hydrogens (tertiary/aromatic N) is 4. The van der Waals surface area contributed by atoms with Gasteiger partial charge in [0, 0.05) is 29.9 Å². The summed E-state index contributed by atoms with van der Waals surface area (Å²) >= 11 is 0. The maximum Gasteiger partial charge on any atom is 0.232 e. The molecule has 0 saturated carbocycles. The molecule has 27 heavy (non-hydrogen) atoms. The number of hydrogen-bond donors (Lipinski definition) is 3. The van der Waals surface area contributed by atoms with Crippen LogP contribution in [0.1, 0.15) is 13.8 Å². The molecular formula is C17H16F3N7. The van der Waals surface area contributed by atoms with Crippen molar-refractivity contribution in [3.8, 4) is 11.5 Å². The summed E-state index contributed by atoms with van der Waals surface area (Å²) in [7, 11) is 0. The lowest BCUT2D eigenvalue weighted by Gasteiger charge is -2.12. The average molecular weight is 375 g/mol. The zero-order chi connectivity index (χ0) is 19.6. The second kappa shape index (κ2) is 7.44. The molecule has 140 valence electrons. The number of nitrogens with one attached hydrogen (secondary N) is 2. The van der Waals surface area contributed by atoms with Gasteiger partial charge in [-0.3, -0.25) is 0 Å². The van der Waals surface area contributed by atoms with E-state index in [2.05, 4.69) is 30.6 Å². The highest BCUT2D eigenvalue weighted by atomic mass is 19.1. The van der Waals surface area contributed by atoms with Crippen LogP contribution in [0.15, 0.2) is 30.3 Å². The highest BCUT2D eigenvalue weighted by Gasteiger charge is 2.13. The highest BCUT2D eigenvalue weighted by molar-refractivity contribution is 5.60. The summed E-state index contributed by atoms with van der Waals surface area (Å²) in [6, 6.07) is 5.09. The van der Waals surface area contributed by atoms with Crippen LogP contribution in [-0.4, -0.2) is 26.0 Å². The fraction of sp³-hybridized carbons (Fsp3) is 0.176. The summed E-state index contributed by atoms with van der Waals surface area (Å²) in [6.45, 7) is 3.74. The molecule has 0 radical (unpaired) electrons. The molecule has 0 aliphatic carbocycles. The van der Waals surface area contributed by atoms with Gasteiger partial charge in [0.1, 0.15) is 29.0 Å². The van der Waals surface area contributed by atoms with Gasteiger partial charge in [0.15, 0.2) is 5.82 Å². The van der Waals surface area contributed by atoms with Crippen LogP contribution >= 0.6 is 0 Å². The van der Waals surface area contributed by atoms with Gasteiger partial charge in [0.05, 0.1) is 0 Å². The van der Waals surface area contributed by atoms with Crippen LogP contribution in [0.25, 0.3) is 11.5 Å². The Morgan fingerprint density at radius 3 is 2.07 bits per heavy atom. The van der Waals surface area contributed by atoms with Gasteiger partial charge < -0.3 is 16.4 Å². The quantitative estimate of drug-likeness (QED) is 0.627. The smallest absolute Gasteiger partial charge is 0.232 e. The molecule has 0 aliphatic heterocycles. The number of halogens is 3. The molecule has 2 aromatic heterocycles. The number of nitrogen functional groups attached to an aromatic ring is 1. The number of benzene rings is 1. The molecule has 0 saturated heterocycles. The van der Waals surface area contributed by atoms with Crippen LogP contribution in [0.4, 0.5) is 36.6 Å². The number of aromatic nitrogens is 4. The van der Waals surface area contributed by atoms with Crippen molar-refractivity contribution in [3.63, 3.8) is 0 Å². The van der Waals surface area contributed by atoms with Gasteiger partial charge >= 0.3 is 0 Å². The molecule has 2 heterocycles. The largest absolute Gasteiger partial charge is 0.384 e. The van der Waals surface area contributed by atoms with Crippen molar-refractivity contribution in [1.82, 2.24) is 19.9 Å². The normalized spacial score (nSPS) is 10.9. The Morgan fingerprint density at radius 2 is 1.44 bits per heavy atom. The second-order valence-corrected chi connectivity index (χ2v) is 5.98. The third-order valence-electron chi connectivity index (χ3n) is 3.21. The second-order valence-electron chi connectivity index (χ2n) is 5.98. The zero-order valence-corrected chi connectivity index (χ0v) is 14.5. The molecule has 0 bridgehead atoms. The Kier molecular flexibility index (Phi) is 5.06. The number of pyridine rings is 1. The lowest BCUT2D eigenvalue weighted by molar-refractivity contribution is 0.584. The van der Waals surface area contributed by atoms with E-state index >= 15 is 0 Å². The average Bonchev–Trinajstić information content (AvgIpc) is 2.52. The predicted octanol–water partition coefficient (Wildman–Crippen LogP) is 3.50. The first-order chi connectivity index (χ1) is 12.8. The van der Waals surface area contributed by atoms with Crippen LogP contribution < -0.4 is 16.4 Å². The number of anilines is 4. The fourth-order valence-electron chi connectivity index (χ4n) is 2.26. The van der Waals surface area contributed by atoms with Crippen LogP contribution in [-0.2, 0) is 0 Å². The summed E-state index contributed by atoms with van der Waals surface area (Å²) < 4.78 is 40.5. The van der Waals surface area contributed by atoms with E-state index in [9.17, 15) is 13.2 Å². The van der Waals surface area contributed by atoms with Gasteiger partial charge in [-0.1, -0.05) is 0 Å². The first kappa shape index (κ1) is 18.4. The summed E-state index contributed by atoms with van der Waals surface area (Å²) in [4.78, 5) is 16.5. The van der Waals surface area contributed by atoms with Crippen molar-refractivity contribution >= 4 is 23.4 Å². The molecule has 7 nitrogen and oxygen atoms in total. The van der Waals surface area contributed by atoms with Crippen LogP contribution in [0.5, 0.6) is 0 Å². The van der Waals surface area contributed by atoms with Gasteiger partial charge in [-0.2, -0.15) is 15.0 Å². The Labute approximate surface area is 152 Å². The lowest BCUT2D eigenvalue weighted by Crippen LogP contribution is -2.15. The Bertz CT molecular complexity index is 938. The van der Waals surface area contributed by atoms with Crippen LogP contribution in [0.3, 0.4) is 0 Å². The van der Waals surface area contributed by atoms with Gasteiger partial charge in [0.2, 0.25) is 11.9 Å². The monoisotopic (exact) mass is 375 g/mol. The Morgan fingerprint density at radius 1 is 0.815 bits per heavy atom. The topological polar surface area (TPSA) is 102 Å². The summed E-state index contributed by atoms with van der Waals surface area (Å²) in [5, 5.41) is 5.69. The molecule has 0 unspecified atom stereocenters. The molecule has 3 aromatic rings. The van der Waals surface area contributed by atoms with Crippen molar-refractivity contribution in [1.29, 1.82) is 0 Å². The van der Waals surface area contributed by atoms with E-state index in [1.807, 2.05) is 13.8 Å². The van der Waals surface area contributed by atoms with Crippen molar-refractivity contribution in [2.45, 2.75) is 19.9 Å². The summed E-state index contributed by atoms with van der Waals surface area (Å²) in [6.07, 6.45) is 0. The van der Waals surface area contributed by atoms with Gasteiger partial charge in [-0.25, -0.2) is 18.2 Å². The van der Waals surface area contributed by atoms with Crippen molar-refractivity contribution < 1.29 is 13.2 Å². The molecule has 4 N–H and O–H groups in total. The van der Waals surface area contributed by atoms with E-state index in [0.29, 0.717) is 0 Å². The van der Waals surface area contributed by atoms with Crippen molar-refractivity contribution in [3.05, 3.63) is 47.8 Å². The minimum absolute atomic E-state index is 0.00205. The molecule has 0 atom stereocenters. The maximum absolute atomic E-state index is 13.7. The molecule has 0 fully saturated rings. The molecular weight excluding hydrogens is 359 g/mol. The fourth-order valence-corrected chi connectivity index (χ4v) is 2.26. The minimum atomic E-state index is -0.758. The maximum atomic E-state index is 13.7. The molecule has 0 aliphatic rings. The molecule has 0 spiro atoms. The Hall–Kier alpha value is -3.43. The first-order valence-corrected chi connectivity index (χ1v) is 7.97. The summed E-state index contributed by atoms with van der Waals surface area (Å²) in [5.74, 6) is -1.93. The van der Waals surface area contributed by atoms with E-state index in [4.69, 9.17) is 5.73 Å². The molecule has 1 aromatic carbocycles. The SMILES string of the molecule is CC(C)Nc1nc(Nc2cc(F)cc(F)c2)nc(-c2cc(F)cc(N)n2)n1. The lowest BCUT2D eigenvalue weighted by atomic mass is 10.3. The van der Waals surface area contributed by atoms with Crippen LogP contribution in [0.2, 0.25) is 0 Å². The third-order valence-corrected chi connectivity index (χ3v) is 3.21. The number of rotatable bonds is 5. The van der Waals surface area contributed by atoms with E-state index in [-0.39, 0.29) is 41.0 Å². The molecule has 10 heteroatoms. The minimum Gasteiger partial charge on any atom is -0.384 e. The van der Waals surface area contributed by atoms with E-state index in [0.717, 1.165) is 30.3 Å². The van der Waals surface area contributed by atoms with E-state index in [1.165, 1.54) is 0 Å². The van der Waals surface area contributed by atoms with Gasteiger partial charge in [-0.05, 0) is 26.0 Å².